The molecule has 2 aromatic carbocycles. The minimum Gasteiger partial charge on any atom is -0.497 e. The fraction of sp³-hybridized carbons (Fsp3) is 0.158. The summed E-state index contributed by atoms with van der Waals surface area (Å²) in [5.74, 6) is -1.12. The first-order chi connectivity index (χ1) is 12.5. The molecule has 0 N–H and O–H groups in total. The quantitative estimate of drug-likeness (QED) is 0.609. The van der Waals surface area contributed by atoms with Gasteiger partial charge in [-0.05, 0) is 29.3 Å². The van der Waals surface area contributed by atoms with Gasteiger partial charge in [-0.15, -0.1) is 0 Å². The Morgan fingerprint density at radius 1 is 0.923 bits per heavy atom. The first-order valence-corrected chi connectivity index (χ1v) is 7.83. The molecule has 1 fully saturated rings. The first-order valence-electron chi connectivity index (χ1n) is 7.83. The molecule has 3 rings (SSSR count). The maximum atomic E-state index is 12.6. The smallest absolute Gasteiger partial charge is 0.334 e. The van der Waals surface area contributed by atoms with Crippen LogP contribution in [-0.2, 0) is 22.7 Å². The molecule has 0 unspecified atom stereocenters. The van der Waals surface area contributed by atoms with Crippen LogP contribution in [0.2, 0.25) is 0 Å². The average Bonchev–Trinajstić information content (AvgIpc) is 2.87. The molecular formula is C19H15N3O4. The third kappa shape index (κ3) is 3.13. The standard InChI is InChI=1S/C19H15N3O4/c1-26-16-8-6-13(7-9-16)11-21-17(23)18(24)22(19(21)25)12-15-5-3-2-4-14(15)10-20/h2-9H,11-12H2,1H3. The summed E-state index contributed by atoms with van der Waals surface area (Å²) in [6.07, 6.45) is 0. The van der Waals surface area contributed by atoms with Gasteiger partial charge in [-0.3, -0.25) is 19.4 Å². The molecule has 1 heterocycles. The van der Waals surface area contributed by atoms with E-state index in [1.54, 1.807) is 48.5 Å². The Balaban J connectivity index is 1.80. The minimum atomic E-state index is -0.892. The lowest BCUT2D eigenvalue weighted by atomic mass is 10.1. The highest BCUT2D eigenvalue weighted by Crippen LogP contribution is 2.21. The summed E-state index contributed by atoms with van der Waals surface area (Å²) in [4.78, 5) is 38.8. The van der Waals surface area contributed by atoms with Crippen LogP contribution in [0.3, 0.4) is 0 Å². The molecule has 1 aliphatic heterocycles. The highest BCUT2D eigenvalue weighted by Gasteiger charge is 2.44. The molecule has 0 aromatic heterocycles. The number of nitrogens with zero attached hydrogens (tertiary/aromatic N) is 3. The number of rotatable bonds is 5. The molecule has 26 heavy (non-hydrogen) atoms. The molecule has 1 saturated heterocycles. The molecular weight excluding hydrogens is 334 g/mol. The third-order valence-corrected chi connectivity index (χ3v) is 4.10. The molecule has 7 nitrogen and oxygen atoms in total. The van der Waals surface area contributed by atoms with Crippen molar-refractivity contribution in [1.82, 2.24) is 9.80 Å². The van der Waals surface area contributed by atoms with Gasteiger partial charge in [0.2, 0.25) is 0 Å². The lowest BCUT2D eigenvalue weighted by Crippen LogP contribution is -2.32. The van der Waals surface area contributed by atoms with Crippen LogP contribution in [0.4, 0.5) is 4.79 Å². The number of urea groups is 1. The number of methoxy groups -OCH3 is 1. The summed E-state index contributed by atoms with van der Waals surface area (Å²) in [5.41, 5.74) is 1.56. The van der Waals surface area contributed by atoms with E-state index in [1.165, 1.54) is 7.11 Å². The van der Waals surface area contributed by atoms with E-state index in [9.17, 15) is 14.4 Å². The molecule has 0 bridgehead atoms. The Kier molecular flexibility index (Phi) is 4.67. The van der Waals surface area contributed by atoms with Gasteiger partial charge in [0.1, 0.15) is 5.75 Å². The zero-order chi connectivity index (χ0) is 18.7. The lowest BCUT2D eigenvalue weighted by molar-refractivity contribution is -0.143. The predicted molar refractivity (Wildman–Crippen MR) is 90.6 cm³/mol. The van der Waals surface area contributed by atoms with Gasteiger partial charge in [0.15, 0.2) is 0 Å². The molecule has 0 radical (unpaired) electrons. The van der Waals surface area contributed by atoms with Crippen LogP contribution in [0.15, 0.2) is 48.5 Å². The summed E-state index contributed by atoms with van der Waals surface area (Å²) < 4.78 is 5.07. The number of imide groups is 2. The van der Waals surface area contributed by atoms with E-state index in [-0.39, 0.29) is 13.1 Å². The van der Waals surface area contributed by atoms with Crippen LogP contribution in [0.1, 0.15) is 16.7 Å². The van der Waals surface area contributed by atoms with E-state index in [0.29, 0.717) is 22.4 Å². The van der Waals surface area contributed by atoms with Crippen LogP contribution in [0, 0.1) is 11.3 Å². The van der Waals surface area contributed by atoms with Gasteiger partial charge in [0, 0.05) is 0 Å². The summed E-state index contributed by atoms with van der Waals surface area (Å²) in [5, 5.41) is 9.14. The average molecular weight is 349 g/mol. The van der Waals surface area contributed by atoms with E-state index in [2.05, 4.69) is 0 Å². The Bertz CT molecular complexity index is 915. The topological polar surface area (TPSA) is 90.7 Å². The maximum Gasteiger partial charge on any atom is 0.334 e. The number of carbonyl (C=O) groups excluding carboxylic acids is 3. The first kappa shape index (κ1) is 17.2. The fourth-order valence-electron chi connectivity index (χ4n) is 2.68. The van der Waals surface area contributed by atoms with Crippen LogP contribution >= 0.6 is 0 Å². The lowest BCUT2D eigenvalue weighted by Gasteiger charge is -2.16. The van der Waals surface area contributed by atoms with Crippen molar-refractivity contribution in [3.8, 4) is 11.8 Å². The predicted octanol–water partition coefficient (Wildman–Crippen LogP) is 2.06. The Hall–Kier alpha value is -3.66. The number of ether oxygens (including phenoxy) is 1. The van der Waals surface area contributed by atoms with Crippen molar-refractivity contribution < 1.29 is 19.1 Å². The molecule has 1 aliphatic rings. The summed E-state index contributed by atoms with van der Waals surface area (Å²) in [6.45, 7) is -0.129. The molecule has 0 saturated carbocycles. The van der Waals surface area contributed by atoms with Crippen molar-refractivity contribution in [1.29, 1.82) is 5.26 Å². The van der Waals surface area contributed by atoms with Gasteiger partial charge in [-0.25, -0.2) is 4.79 Å². The van der Waals surface area contributed by atoms with Crippen LogP contribution in [-0.4, -0.2) is 34.8 Å². The van der Waals surface area contributed by atoms with Crippen molar-refractivity contribution in [2.75, 3.05) is 7.11 Å². The molecule has 0 atom stereocenters. The van der Waals surface area contributed by atoms with E-state index < -0.39 is 17.8 Å². The number of carbonyl (C=O) groups is 3. The monoisotopic (exact) mass is 349 g/mol. The zero-order valence-corrected chi connectivity index (χ0v) is 14.0. The second-order valence-corrected chi connectivity index (χ2v) is 5.68. The van der Waals surface area contributed by atoms with Gasteiger partial charge in [-0.1, -0.05) is 30.3 Å². The number of benzene rings is 2. The second kappa shape index (κ2) is 7.07. The van der Waals surface area contributed by atoms with Crippen molar-refractivity contribution in [2.45, 2.75) is 13.1 Å². The van der Waals surface area contributed by atoms with Gasteiger partial charge in [0.25, 0.3) is 0 Å². The van der Waals surface area contributed by atoms with Gasteiger partial charge in [-0.2, -0.15) is 5.26 Å². The number of hydrogen-bond acceptors (Lipinski definition) is 5. The molecule has 4 amide bonds. The number of nitriles is 1. The van der Waals surface area contributed by atoms with Crippen molar-refractivity contribution in [3.63, 3.8) is 0 Å². The Morgan fingerprint density at radius 3 is 2.15 bits per heavy atom. The SMILES string of the molecule is COc1ccc(CN2C(=O)C(=O)N(Cc3ccccc3C#N)C2=O)cc1. The Labute approximate surface area is 150 Å². The van der Waals surface area contributed by atoms with Crippen LogP contribution < -0.4 is 4.74 Å². The van der Waals surface area contributed by atoms with E-state index >= 15 is 0 Å². The van der Waals surface area contributed by atoms with Gasteiger partial charge < -0.3 is 4.74 Å². The third-order valence-electron chi connectivity index (χ3n) is 4.10. The molecule has 7 heteroatoms. The largest absolute Gasteiger partial charge is 0.497 e. The van der Waals surface area contributed by atoms with Crippen molar-refractivity contribution in [2.24, 2.45) is 0 Å². The van der Waals surface area contributed by atoms with Gasteiger partial charge >= 0.3 is 17.8 Å². The molecule has 0 spiro atoms. The van der Waals surface area contributed by atoms with E-state index in [1.807, 2.05) is 6.07 Å². The zero-order valence-electron chi connectivity index (χ0n) is 14.0. The fourth-order valence-corrected chi connectivity index (χ4v) is 2.68. The van der Waals surface area contributed by atoms with Gasteiger partial charge in [0.05, 0.1) is 31.8 Å². The van der Waals surface area contributed by atoms with Crippen molar-refractivity contribution in [3.05, 3.63) is 65.2 Å². The van der Waals surface area contributed by atoms with Crippen LogP contribution in [0.25, 0.3) is 0 Å². The molecule has 0 aliphatic carbocycles. The summed E-state index contributed by atoms with van der Waals surface area (Å²) >= 11 is 0. The summed E-state index contributed by atoms with van der Waals surface area (Å²) in [6, 6.07) is 14.8. The van der Waals surface area contributed by atoms with E-state index in [0.717, 1.165) is 9.80 Å². The highest BCUT2D eigenvalue weighted by molar-refractivity contribution is 6.44. The normalized spacial score (nSPS) is 13.9. The van der Waals surface area contributed by atoms with Crippen LogP contribution in [0.5, 0.6) is 5.75 Å². The second-order valence-electron chi connectivity index (χ2n) is 5.68. The minimum absolute atomic E-state index is 0.0101. The molecule has 130 valence electrons. The number of amides is 4. The Morgan fingerprint density at radius 2 is 1.54 bits per heavy atom. The summed E-state index contributed by atoms with van der Waals surface area (Å²) in [7, 11) is 1.54. The van der Waals surface area contributed by atoms with Crippen molar-refractivity contribution >= 4 is 17.8 Å². The van der Waals surface area contributed by atoms with E-state index in [4.69, 9.17) is 10.00 Å². The maximum absolute atomic E-state index is 12.6. The molecule has 2 aromatic rings. The number of hydrogen-bond donors (Lipinski definition) is 0. The highest BCUT2D eigenvalue weighted by atomic mass is 16.5.